The second kappa shape index (κ2) is 6.00. The van der Waals surface area contributed by atoms with Gasteiger partial charge in [-0.2, -0.15) is 0 Å². The van der Waals surface area contributed by atoms with Crippen LogP contribution in [0, 0.1) is 0 Å². The van der Waals surface area contributed by atoms with Gasteiger partial charge in [-0.1, -0.05) is 0 Å². The predicted molar refractivity (Wildman–Crippen MR) is 46.9 cm³/mol. The van der Waals surface area contributed by atoms with E-state index in [9.17, 15) is 4.79 Å². The van der Waals surface area contributed by atoms with Gasteiger partial charge in [-0.3, -0.25) is 4.79 Å². The van der Waals surface area contributed by atoms with Crippen LogP contribution in [0.1, 0.15) is 33.6 Å². The molecule has 0 saturated carbocycles. The summed E-state index contributed by atoms with van der Waals surface area (Å²) in [6.07, 6.45) is 1.51. The molecule has 0 bridgehead atoms. The Morgan fingerprint density at radius 1 is 1.33 bits per heavy atom. The summed E-state index contributed by atoms with van der Waals surface area (Å²) < 4.78 is 9.95. The zero-order valence-electron chi connectivity index (χ0n) is 8.29. The second-order valence-corrected chi connectivity index (χ2v) is 3.11. The molecule has 0 aromatic heterocycles. The fourth-order valence-electron chi connectivity index (χ4n) is 0.956. The molecule has 3 heteroatoms. The van der Waals surface area contributed by atoms with Gasteiger partial charge in [0.2, 0.25) is 0 Å². The molecule has 0 heterocycles. The number of rotatable bonds is 5. The summed E-state index contributed by atoms with van der Waals surface area (Å²) in [5, 5.41) is 0. The van der Waals surface area contributed by atoms with Gasteiger partial charge in [-0.15, -0.1) is 0 Å². The normalized spacial score (nSPS) is 13.1. The molecule has 0 aliphatic heterocycles. The third kappa shape index (κ3) is 6.16. The van der Waals surface area contributed by atoms with Crippen LogP contribution in [0.4, 0.5) is 0 Å². The monoisotopic (exact) mass is 174 g/mol. The van der Waals surface area contributed by atoms with Crippen molar-refractivity contribution < 1.29 is 14.3 Å². The average molecular weight is 174 g/mol. The third-order valence-electron chi connectivity index (χ3n) is 1.49. The Kier molecular flexibility index (Phi) is 5.72. The number of ether oxygens (including phenoxy) is 2. The van der Waals surface area contributed by atoms with Crippen LogP contribution >= 0.6 is 0 Å². The van der Waals surface area contributed by atoms with Crippen molar-refractivity contribution in [2.45, 2.75) is 45.8 Å². The van der Waals surface area contributed by atoms with Gasteiger partial charge in [0, 0.05) is 6.42 Å². The Balaban J connectivity index is 3.43. The Morgan fingerprint density at radius 2 is 1.92 bits per heavy atom. The number of esters is 1. The maximum absolute atomic E-state index is 10.7. The zero-order chi connectivity index (χ0) is 9.56. The standard InChI is InChI=1S/C9H18O3/c1-7(2)12-8(3)5-6-9(10)11-4/h7-8H,5-6H2,1-4H3. The molecule has 0 spiro atoms. The summed E-state index contributed by atoms with van der Waals surface area (Å²) in [6.45, 7) is 5.92. The van der Waals surface area contributed by atoms with Crippen LogP contribution in [-0.2, 0) is 14.3 Å². The molecule has 0 radical (unpaired) electrons. The molecule has 0 aromatic rings. The fourth-order valence-corrected chi connectivity index (χ4v) is 0.956. The molecule has 0 saturated heterocycles. The molecule has 0 amide bonds. The predicted octanol–water partition coefficient (Wildman–Crippen LogP) is 1.75. The third-order valence-corrected chi connectivity index (χ3v) is 1.49. The van der Waals surface area contributed by atoms with Crippen molar-refractivity contribution in [3.8, 4) is 0 Å². The second-order valence-electron chi connectivity index (χ2n) is 3.11. The molecular weight excluding hydrogens is 156 g/mol. The Hall–Kier alpha value is -0.570. The van der Waals surface area contributed by atoms with Crippen LogP contribution < -0.4 is 0 Å². The Bertz CT molecular complexity index is 132. The van der Waals surface area contributed by atoms with E-state index in [-0.39, 0.29) is 18.2 Å². The number of carbonyl (C=O) groups excluding carboxylic acids is 1. The lowest BCUT2D eigenvalue weighted by molar-refractivity contribution is -0.141. The highest BCUT2D eigenvalue weighted by Crippen LogP contribution is 2.05. The lowest BCUT2D eigenvalue weighted by atomic mass is 10.2. The van der Waals surface area contributed by atoms with Gasteiger partial charge < -0.3 is 9.47 Å². The van der Waals surface area contributed by atoms with E-state index >= 15 is 0 Å². The minimum Gasteiger partial charge on any atom is -0.469 e. The van der Waals surface area contributed by atoms with E-state index in [1.807, 2.05) is 20.8 Å². The highest BCUT2D eigenvalue weighted by atomic mass is 16.5. The van der Waals surface area contributed by atoms with Crippen molar-refractivity contribution in [2.75, 3.05) is 7.11 Å². The van der Waals surface area contributed by atoms with Crippen molar-refractivity contribution in [3.05, 3.63) is 0 Å². The summed E-state index contributed by atoms with van der Waals surface area (Å²) in [4.78, 5) is 10.7. The molecule has 72 valence electrons. The number of methoxy groups -OCH3 is 1. The smallest absolute Gasteiger partial charge is 0.305 e. The quantitative estimate of drug-likeness (QED) is 0.596. The lowest BCUT2D eigenvalue weighted by Gasteiger charge is -2.14. The van der Waals surface area contributed by atoms with Gasteiger partial charge in [-0.05, 0) is 27.2 Å². The van der Waals surface area contributed by atoms with Crippen molar-refractivity contribution in [3.63, 3.8) is 0 Å². The first-order valence-corrected chi connectivity index (χ1v) is 4.28. The number of carbonyl (C=O) groups is 1. The van der Waals surface area contributed by atoms with Crippen molar-refractivity contribution >= 4 is 5.97 Å². The molecular formula is C9H18O3. The van der Waals surface area contributed by atoms with Crippen LogP contribution in [-0.4, -0.2) is 25.3 Å². The summed E-state index contributed by atoms with van der Waals surface area (Å²) in [7, 11) is 1.40. The van der Waals surface area contributed by atoms with E-state index in [1.165, 1.54) is 7.11 Å². The molecule has 0 rings (SSSR count). The Labute approximate surface area is 74.0 Å². The SMILES string of the molecule is COC(=O)CCC(C)OC(C)C. The summed E-state index contributed by atoms with van der Waals surface area (Å²) >= 11 is 0. The molecule has 0 aliphatic carbocycles. The summed E-state index contributed by atoms with van der Waals surface area (Å²) in [5.41, 5.74) is 0. The molecule has 0 fully saturated rings. The van der Waals surface area contributed by atoms with E-state index in [0.717, 1.165) is 6.42 Å². The van der Waals surface area contributed by atoms with Crippen LogP contribution in [0.3, 0.4) is 0 Å². The zero-order valence-corrected chi connectivity index (χ0v) is 8.29. The fraction of sp³-hybridized carbons (Fsp3) is 0.889. The first-order chi connectivity index (χ1) is 5.56. The van der Waals surface area contributed by atoms with Crippen molar-refractivity contribution in [1.29, 1.82) is 0 Å². The van der Waals surface area contributed by atoms with E-state index in [0.29, 0.717) is 6.42 Å². The largest absolute Gasteiger partial charge is 0.469 e. The van der Waals surface area contributed by atoms with Gasteiger partial charge in [0.05, 0.1) is 19.3 Å². The van der Waals surface area contributed by atoms with Gasteiger partial charge in [0.1, 0.15) is 0 Å². The van der Waals surface area contributed by atoms with Gasteiger partial charge in [0.25, 0.3) is 0 Å². The summed E-state index contributed by atoms with van der Waals surface area (Å²) in [5.74, 6) is -0.172. The van der Waals surface area contributed by atoms with Crippen LogP contribution in [0.2, 0.25) is 0 Å². The first kappa shape index (κ1) is 11.4. The van der Waals surface area contributed by atoms with E-state index in [4.69, 9.17) is 4.74 Å². The van der Waals surface area contributed by atoms with Crippen molar-refractivity contribution in [1.82, 2.24) is 0 Å². The maximum atomic E-state index is 10.7. The number of hydrogen-bond donors (Lipinski definition) is 0. The highest BCUT2D eigenvalue weighted by molar-refractivity contribution is 5.69. The van der Waals surface area contributed by atoms with E-state index < -0.39 is 0 Å². The topological polar surface area (TPSA) is 35.5 Å². The minimum atomic E-state index is -0.172. The lowest BCUT2D eigenvalue weighted by Crippen LogP contribution is -2.15. The Morgan fingerprint density at radius 3 is 2.33 bits per heavy atom. The first-order valence-electron chi connectivity index (χ1n) is 4.28. The van der Waals surface area contributed by atoms with Gasteiger partial charge in [-0.25, -0.2) is 0 Å². The molecule has 3 nitrogen and oxygen atoms in total. The average Bonchev–Trinajstić information content (AvgIpc) is 1.99. The highest BCUT2D eigenvalue weighted by Gasteiger charge is 2.07. The molecule has 0 aromatic carbocycles. The van der Waals surface area contributed by atoms with Crippen molar-refractivity contribution in [2.24, 2.45) is 0 Å². The maximum Gasteiger partial charge on any atom is 0.305 e. The molecule has 1 atom stereocenters. The van der Waals surface area contributed by atoms with Gasteiger partial charge >= 0.3 is 5.97 Å². The summed E-state index contributed by atoms with van der Waals surface area (Å²) in [6, 6.07) is 0. The van der Waals surface area contributed by atoms with Gasteiger partial charge in [0.15, 0.2) is 0 Å². The van der Waals surface area contributed by atoms with Crippen LogP contribution in [0.5, 0.6) is 0 Å². The molecule has 0 N–H and O–H groups in total. The molecule has 12 heavy (non-hydrogen) atoms. The molecule has 0 aliphatic rings. The minimum absolute atomic E-state index is 0.129. The van der Waals surface area contributed by atoms with E-state index in [1.54, 1.807) is 0 Å². The molecule has 1 unspecified atom stereocenters. The number of hydrogen-bond acceptors (Lipinski definition) is 3. The van der Waals surface area contributed by atoms with E-state index in [2.05, 4.69) is 4.74 Å². The van der Waals surface area contributed by atoms with Crippen LogP contribution in [0.25, 0.3) is 0 Å². The van der Waals surface area contributed by atoms with Crippen LogP contribution in [0.15, 0.2) is 0 Å².